The largest absolute Gasteiger partial charge is 0.423 e. The number of hydrogen-bond acceptors (Lipinski definition) is 4. The Morgan fingerprint density at radius 2 is 1.59 bits per heavy atom. The van der Waals surface area contributed by atoms with Crippen LogP contribution in [0.2, 0.25) is 0 Å². The lowest BCUT2D eigenvalue weighted by Crippen LogP contribution is -2.08. The van der Waals surface area contributed by atoms with Gasteiger partial charge in [0.15, 0.2) is 5.82 Å². The first kappa shape index (κ1) is 24.1. The number of carbonyl (C=O) groups is 1. The molecule has 0 spiro atoms. The van der Waals surface area contributed by atoms with Gasteiger partial charge in [-0.2, -0.15) is 0 Å². The van der Waals surface area contributed by atoms with Crippen LogP contribution in [0.3, 0.4) is 0 Å². The highest BCUT2D eigenvalue weighted by Crippen LogP contribution is 2.24. The van der Waals surface area contributed by atoms with Crippen molar-refractivity contribution in [2.45, 2.75) is 65.2 Å². The zero-order valence-corrected chi connectivity index (χ0v) is 20.5. The first-order valence-corrected chi connectivity index (χ1v) is 12.3. The molecule has 0 radical (unpaired) electrons. The summed E-state index contributed by atoms with van der Waals surface area (Å²) in [7, 11) is 0. The van der Waals surface area contributed by atoms with Gasteiger partial charge in [-0.3, -0.25) is 0 Å². The lowest BCUT2D eigenvalue weighted by atomic mass is 10.0. The van der Waals surface area contributed by atoms with Crippen molar-refractivity contribution in [1.82, 2.24) is 9.97 Å². The molecule has 1 aromatic heterocycles. The third-order valence-corrected chi connectivity index (χ3v) is 6.14. The molecule has 5 heteroatoms. The summed E-state index contributed by atoms with van der Waals surface area (Å²) in [6, 6.07) is 13.0. The first-order chi connectivity index (χ1) is 15.6. The number of nitrogens with zero attached hydrogens (tertiary/aromatic N) is 2. The molecular weight excluding hydrogens is 464 g/mol. The molecule has 3 rings (SSSR count). The number of unbranched alkanes of at least 4 members (excludes halogenated alkanes) is 4. The second-order valence-electron chi connectivity index (χ2n) is 8.05. The molecule has 2 aromatic carbocycles. The van der Waals surface area contributed by atoms with Crippen LogP contribution in [0.4, 0.5) is 0 Å². The van der Waals surface area contributed by atoms with E-state index < -0.39 is 0 Å². The Morgan fingerprint density at radius 3 is 2.25 bits per heavy atom. The van der Waals surface area contributed by atoms with E-state index in [1.807, 2.05) is 42.7 Å². The van der Waals surface area contributed by atoms with Gasteiger partial charge in [-0.1, -0.05) is 67.9 Å². The summed E-state index contributed by atoms with van der Waals surface area (Å²) in [6.45, 7) is 4.36. The number of aromatic nitrogens is 2. The number of hydrogen-bond donors (Lipinski definition) is 0. The first-order valence-electron chi connectivity index (χ1n) is 11.5. The lowest BCUT2D eigenvalue weighted by Gasteiger charge is -2.09. The topological polar surface area (TPSA) is 52.1 Å². The maximum Gasteiger partial charge on any atom is 0.343 e. The third kappa shape index (κ3) is 6.99. The average molecular weight is 495 g/mol. The van der Waals surface area contributed by atoms with E-state index in [0.29, 0.717) is 17.1 Å². The molecule has 168 valence electrons. The fraction of sp³-hybridized carbons (Fsp3) is 0.370. The van der Waals surface area contributed by atoms with Crippen LogP contribution in [-0.4, -0.2) is 15.9 Å². The smallest absolute Gasteiger partial charge is 0.343 e. The molecule has 0 fully saturated rings. The minimum atomic E-state index is -0.367. The van der Waals surface area contributed by atoms with Crippen LogP contribution >= 0.6 is 15.9 Å². The van der Waals surface area contributed by atoms with Crippen LogP contribution in [0.25, 0.3) is 11.4 Å². The number of halogens is 1. The van der Waals surface area contributed by atoms with E-state index in [9.17, 15) is 4.79 Å². The Hall–Kier alpha value is -2.53. The SMILES string of the molecule is CCCCCCCc1ccc(C(=O)Oc2ccc(-c3ncc(CCC)cn3)cc2)cc1Br. The van der Waals surface area contributed by atoms with Gasteiger partial charge in [0.25, 0.3) is 0 Å². The van der Waals surface area contributed by atoms with Crippen molar-refractivity contribution in [3.05, 3.63) is 76.0 Å². The predicted molar refractivity (Wildman–Crippen MR) is 133 cm³/mol. The number of aryl methyl sites for hydroxylation is 2. The second-order valence-corrected chi connectivity index (χ2v) is 8.90. The van der Waals surface area contributed by atoms with Gasteiger partial charge in [-0.25, -0.2) is 14.8 Å². The molecule has 32 heavy (non-hydrogen) atoms. The van der Waals surface area contributed by atoms with Crippen molar-refractivity contribution in [2.24, 2.45) is 0 Å². The number of benzene rings is 2. The highest BCUT2D eigenvalue weighted by Gasteiger charge is 2.12. The minimum absolute atomic E-state index is 0.367. The summed E-state index contributed by atoms with van der Waals surface area (Å²) in [5, 5.41) is 0. The van der Waals surface area contributed by atoms with Gasteiger partial charge in [-0.15, -0.1) is 0 Å². The van der Waals surface area contributed by atoms with Gasteiger partial charge < -0.3 is 4.74 Å². The third-order valence-electron chi connectivity index (χ3n) is 5.41. The fourth-order valence-corrected chi connectivity index (χ4v) is 4.13. The van der Waals surface area contributed by atoms with Crippen LogP contribution in [0.1, 0.15) is 73.9 Å². The van der Waals surface area contributed by atoms with Gasteiger partial charge >= 0.3 is 5.97 Å². The molecule has 0 unspecified atom stereocenters. The normalized spacial score (nSPS) is 10.8. The van der Waals surface area contributed by atoms with Crippen molar-refractivity contribution in [1.29, 1.82) is 0 Å². The molecule has 0 atom stereocenters. The summed E-state index contributed by atoms with van der Waals surface area (Å²) in [5.41, 5.74) is 3.78. The fourth-order valence-electron chi connectivity index (χ4n) is 3.56. The molecule has 0 saturated carbocycles. The van der Waals surface area contributed by atoms with Gasteiger partial charge in [0.1, 0.15) is 5.75 Å². The van der Waals surface area contributed by atoms with E-state index in [2.05, 4.69) is 39.7 Å². The summed E-state index contributed by atoms with van der Waals surface area (Å²) in [5.74, 6) is 0.794. The predicted octanol–water partition coefficient (Wildman–Crippen LogP) is 7.59. The molecule has 0 saturated heterocycles. The number of esters is 1. The Labute approximate surface area is 199 Å². The van der Waals surface area contributed by atoms with Crippen LogP contribution in [0, 0.1) is 0 Å². The zero-order chi connectivity index (χ0) is 22.8. The number of rotatable bonds is 11. The minimum Gasteiger partial charge on any atom is -0.423 e. The quantitative estimate of drug-likeness (QED) is 0.156. The Balaban J connectivity index is 1.57. The van der Waals surface area contributed by atoms with E-state index in [0.717, 1.165) is 34.9 Å². The summed E-state index contributed by atoms with van der Waals surface area (Å²) in [6.07, 6.45) is 13.0. The van der Waals surface area contributed by atoms with Gasteiger partial charge in [-0.05, 0) is 66.8 Å². The molecular formula is C27H31BrN2O2. The van der Waals surface area contributed by atoms with Gasteiger partial charge in [0, 0.05) is 22.4 Å². The standard InChI is InChI=1S/C27H31BrN2O2/c1-3-5-6-7-8-10-21-11-12-23(17-25(21)28)27(31)32-24-15-13-22(14-16-24)26-29-18-20(9-4-2)19-30-26/h11-19H,3-10H2,1-2H3. The Morgan fingerprint density at radius 1 is 0.875 bits per heavy atom. The van der Waals surface area contributed by atoms with Crippen LogP contribution < -0.4 is 4.74 Å². The summed E-state index contributed by atoms with van der Waals surface area (Å²) < 4.78 is 6.52. The van der Waals surface area contributed by atoms with E-state index >= 15 is 0 Å². The van der Waals surface area contributed by atoms with E-state index in [-0.39, 0.29) is 5.97 Å². The van der Waals surface area contributed by atoms with Crippen molar-refractivity contribution < 1.29 is 9.53 Å². The van der Waals surface area contributed by atoms with Crippen molar-refractivity contribution in [3.63, 3.8) is 0 Å². The molecule has 0 amide bonds. The van der Waals surface area contributed by atoms with Gasteiger partial charge in [0.05, 0.1) is 5.56 Å². The lowest BCUT2D eigenvalue weighted by molar-refractivity contribution is 0.0734. The maximum atomic E-state index is 12.6. The molecule has 4 nitrogen and oxygen atoms in total. The van der Waals surface area contributed by atoms with Crippen molar-refractivity contribution >= 4 is 21.9 Å². The van der Waals surface area contributed by atoms with Crippen LogP contribution in [0.15, 0.2) is 59.3 Å². The van der Waals surface area contributed by atoms with Crippen LogP contribution in [0.5, 0.6) is 5.75 Å². The van der Waals surface area contributed by atoms with Crippen molar-refractivity contribution in [3.8, 4) is 17.1 Å². The molecule has 0 bridgehead atoms. The Kier molecular flexibility index (Phi) is 9.42. The molecule has 3 aromatic rings. The molecule has 0 aliphatic carbocycles. The maximum absolute atomic E-state index is 12.6. The van der Waals surface area contributed by atoms with Crippen LogP contribution in [-0.2, 0) is 12.8 Å². The summed E-state index contributed by atoms with van der Waals surface area (Å²) in [4.78, 5) is 21.5. The molecule has 0 N–H and O–H groups in total. The molecule has 0 aliphatic heterocycles. The zero-order valence-electron chi connectivity index (χ0n) is 18.9. The highest BCUT2D eigenvalue weighted by molar-refractivity contribution is 9.10. The monoisotopic (exact) mass is 494 g/mol. The average Bonchev–Trinajstić information content (AvgIpc) is 2.81. The van der Waals surface area contributed by atoms with E-state index in [4.69, 9.17) is 4.74 Å². The van der Waals surface area contributed by atoms with Crippen molar-refractivity contribution in [2.75, 3.05) is 0 Å². The number of carbonyl (C=O) groups excluding carboxylic acids is 1. The molecule has 1 heterocycles. The summed E-state index contributed by atoms with van der Waals surface area (Å²) >= 11 is 3.61. The van der Waals surface area contributed by atoms with E-state index in [1.54, 1.807) is 12.1 Å². The van der Waals surface area contributed by atoms with E-state index in [1.165, 1.54) is 37.7 Å². The highest BCUT2D eigenvalue weighted by atomic mass is 79.9. The Bertz CT molecular complexity index is 1000. The second kappa shape index (κ2) is 12.5. The van der Waals surface area contributed by atoms with Gasteiger partial charge in [0.2, 0.25) is 0 Å². The molecule has 0 aliphatic rings. The number of ether oxygens (including phenoxy) is 1.